The summed E-state index contributed by atoms with van der Waals surface area (Å²) in [4.78, 5) is 0. The Morgan fingerprint density at radius 3 is 2.74 bits per heavy atom. The van der Waals surface area contributed by atoms with Gasteiger partial charge in [0.2, 0.25) is 0 Å². The zero-order chi connectivity index (χ0) is 14.3. The number of hydrogen-bond acceptors (Lipinski definition) is 4. The van der Waals surface area contributed by atoms with Crippen LogP contribution < -0.4 is 4.74 Å². The first-order valence-corrected chi connectivity index (χ1v) is 7.52. The minimum absolute atomic E-state index is 0.0352. The van der Waals surface area contributed by atoms with Crippen LogP contribution in [0, 0.1) is 17.7 Å². The van der Waals surface area contributed by atoms with Gasteiger partial charge in [-0.25, -0.2) is 12.8 Å². The molecule has 0 heterocycles. The topological polar surface area (TPSA) is 63.6 Å². The fourth-order valence-electron chi connectivity index (χ4n) is 1.29. The molecule has 6 heteroatoms. The van der Waals surface area contributed by atoms with Crippen molar-refractivity contribution >= 4 is 9.84 Å². The number of aliphatic hydroxyl groups excluding tert-OH is 1. The van der Waals surface area contributed by atoms with Crippen LogP contribution in [0.4, 0.5) is 4.39 Å². The van der Waals surface area contributed by atoms with Crippen molar-refractivity contribution in [1.82, 2.24) is 0 Å². The molecule has 1 aromatic carbocycles. The Balaban J connectivity index is 2.71. The molecule has 1 rings (SSSR count). The average Bonchev–Trinajstić information content (AvgIpc) is 2.35. The minimum atomic E-state index is -3.10. The van der Waals surface area contributed by atoms with E-state index in [0.717, 1.165) is 6.07 Å². The quantitative estimate of drug-likeness (QED) is 0.820. The number of hydrogen-bond donors (Lipinski definition) is 1. The Morgan fingerprint density at radius 2 is 2.11 bits per heavy atom. The molecule has 0 aliphatic carbocycles. The fourth-order valence-corrected chi connectivity index (χ4v) is 1.92. The first-order chi connectivity index (χ1) is 8.96. The first-order valence-electron chi connectivity index (χ1n) is 5.70. The summed E-state index contributed by atoms with van der Waals surface area (Å²) in [6, 6.07) is 3.85. The Bertz CT molecular complexity index is 584. The molecule has 0 spiro atoms. The van der Waals surface area contributed by atoms with E-state index in [2.05, 4.69) is 11.8 Å². The van der Waals surface area contributed by atoms with E-state index in [-0.39, 0.29) is 30.5 Å². The van der Waals surface area contributed by atoms with E-state index in [1.165, 1.54) is 12.1 Å². The van der Waals surface area contributed by atoms with Crippen molar-refractivity contribution in [1.29, 1.82) is 0 Å². The normalized spacial score (nSPS) is 10.7. The van der Waals surface area contributed by atoms with Gasteiger partial charge in [-0.15, -0.1) is 0 Å². The molecule has 104 valence electrons. The van der Waals surface area contributed by atoms with Crippen LogP contribution >= 0.6 is 0 Å². The number of halogens is 1. The van der Waals surface area contributed by atoms with Crippen LogP contribution in [0.5, 0.6) is 5.75 Å². The summed E-state index contributed by atoms with van der Waals surface area (Å²) >= 11 is 0. The van der Waals surface area contributed by atoms with Crippen LogP contribution in [0.15, 0.2) is 18.2 Å². The average molecular weight is 286 g/mol. The molecule has 19 heavy (non-hydrogen) atoms. The van der Waals surface area contributed by atoms with Crippen LogP contribution in [0.1, 0.15) is 12.5 Å². The fraction of sp³-hybridized carbons (Fsp3) is 0.385. The van der Waals surface area contributed by atoms with E-state index in [9.17, 15) is 12.8 Å². The van der Waals surface area contributed by atoms with E-state index in [1.807, 2.05) is 0 Å². The summed E-state index contributed by atoms with van der Waals surface area (Å²) in [6.45, 7) is 1.20. The lowest BCUT2D eigenvalue weighted by Crippen LogP contribution is -2.15. The van der Waals surface area contributed by atoms with Gasteiger partial charge in [-0.05, 0) is 12.1 Å². The van der Waals surface area contributed by atoms with Crippen LogP contribution in [0.3, 0.4) is 0 Å². The summed E-state index contributed by atoms with van der Waals surface area (Å²) in [5, 5.41) is 8.56. The zero-order valence-corrected chi connectivity index (χ0v) is 11.3. The second-order valence-electron chi connectivity index (χ2n) is 3.72. The molecule has 0 aliphatic rings. The molecule has 0 aliphatic heterocycles. The monoisotopic (exact) mass is 286 g/mol. The first kappa shape index (κ1) is 15.5. The third-order valence-electron chi connectivity index (χ3n) is 2.29. The van der Waals surface area contributed by atoms with Gasteiger partial charge in [-0.2, -0.15) is 0 Å². The molecule has 4 nitrogen and oxygen atoms in total. The van der Waals surface area contributed by atoms with E-state index in [4.69, 9.17) is 9.84 Å². The van der Waals surface area contributed by atoms with Crippen molar-refractivity contribution in [3.05, 3.63) is 29.6 Å². The van der Waals surface area contributed by atoms with Gasteiger partial charge in [0.1, 0.15) is 24.8 Å². The van der Waals surface area contributed by atoms with Gasteiger partial charge >= 0.3 is 0 Å². The number of aliphatic hydroxyl groups is 1. The van der Waals surface area contributed by atoms with E-state index >= 15 is 0 Å². The van der Waals surface area contributed by atoms with E-state index in [0.29, 0.717) is 5.56 Å². The van der Waals surface area contributed by atoms with Crippen LogP contribution in [0.2, 0.25) is 0 Å². The van der Waals surface area contributed by atoms with Crippen LogP contribution in [0.25, 0.3) is 0 Å². The summed E-state index contributed by atoms with van der Waals surface area (Å²) in [7, 11) is -3.10. The molecule has 0 unspecified atom stereocenters. The third-order valence-corrected chi connectivity index (χ3v) is 3.95. The van der Waals surface area contributed by atoms with Crippen molar-refractivity contribution in [2.45, 2.75) is 6.92 Å². The molecule has 0 bridgehead atoms. The molecule has 0 amide bonds. The Morgan fingerprint density at radius 1 is 1.37 bits per heavy atom. The summed E-state index contributed by atoms with van der Waals surface area (Å²) < 4.78 is 41.0. The molecule has 0 fully saturated rings. The maximum absolute atomic E-state index is 13.3. The Hall–Kier alpha value is -1.58. The predicted octanol–water partition coefficient (Wildman–Crippen LogP) is 0.983. The standard InChI is InChI=1S/C13H15FO4S/c1-2-19(16,17)7-6-18-13-9-11(4-3-5-15)8-12(14)10-13/h8-10,15H,2,5-7H2,1H3. The summed E-state index contributed by atoms with van der Waals surface area (Å²) in [5.41, 5.74) is 0.363. The zero-order valence-electron chi connectivity index (χ0n) is 10.5. The highest BCUT2D eigenvalue weighted by Gasteiger charge is 2.08. The van der Waals surface area contributed by atoms with Gasteiger partial charge in [0.25, 0.3) is 0 Å². The van der Waals surface area contributed by atoms with E-state index in [1.54, 1.807) is 6.92 Å². The maximum Gasteiger partial charge on any atom is 0.153 e. The SMILES string of the molecule is CCS(=O)(=O)CCOc1cc(F)cc(C#CCO)c1. The number of ether oxygens (including phenoxy) is 1. The van der Waals surface area contributed by atoms with Gasteiger partial charge in [-0.1, -0.05) is 18.8 Å². The van der Waals surface area contributed by atoms with Gasteiger partial charge in [0.05, 0.1) is 5.75 Å². The largest absolute Gasteiger partial charge is 0.492 e. The van der Waals surface area contributed by atoms with Crippen LogP contribution in [-0.2, 0) is 9.84 Å². The summed E-state index contributed by atoms with van der Waals surface area (Å²) in [5.74, 6) is 4.57. The lowest BCUT2D eigenvalue weighted by molar-refractivity contribution is 0.339. The molecule has 0 atom stereocenters. The maximum atomic E-state index is 13.3. The van der Waals surface area contributed by atoms with Gasteiger partial charge in [0.15, 0.2) is 9.84 Å². The smallest absolute Gasteiger partial charge is 0.153 e. The van der Waals surface area contributed by atoms with Crippen molar-refractivity contribution in [3.63, 3.8) is 0 Å². The number of benzene rings is 1. The van der Waals surface area contributed by atoms with Crippen molar-refractivity contribution in [2.75, 3.05) is 24.7 Å². The van der Waals surface area contributed by atoms with E-state index < -0.39 is 15.7 Å². The number of sulfone groups is 1. The lowest BCUT2D eigenvalue weighted by atomic mass is 10.2. The van der Waals surface area contributed by atoms with Crippen molar-refractivity contribution in [3.8, 4) is 17.6 Å². The highest BCUT2D eigenvalue weighted by atomic mass is 32.2. The molecule has 0 saturated heterocycles. The lowest BCUT2D eigenvalue weighted by Gasteiger charge is -2.06. The second kappa shape index (κ2) is 7.12. The highest BCUT2D eigenvalue weighted by molar-refractivity contribution is 7.91. The molecule has 0 radical (unpaired) electrons. The Kier molecular flexibility index (Phi) is 5.80. The van der Waals surface area contributed by atoms with Crippen LogP contribution in [-0.4, -0.2) is 38.2 Å². The predicted molar refractivity (Wildman–Crippen MR) is 70.2 cm³/mol. The van der Waals surface area contributed by atoms with Crippen molar-refractivity contribution in [2.24, 2.45) is 0 Å². The van der Waals surface area contributed by atoms with Crippen molar-refractivity contribution < 1.29 is 22.7 Å². The second-order valence-corrected chi connectivity index (χ2v) is 6.19. The third kappa shape index (κ3) is 5.73. The molecule has 1 aromatic rings. The molecule has 0 saturated carbocycles. The molecular formula is C13H15FO4S. The minimum Gasteiger partial charge on any atom is -0.492 e. The molecule has 1 N–H and O–H groups in total. The highest BCUT2D eigenvalue weighted by Crippen LogP contribution is 2.16. The Labute approximate surface area is 112 Å². The molecular weight excluding hydrogens is 271 g/mol. The summed E-state index contributed by atoms with van der Waals surface area (Å²) in [6.07, 6.45) is 0. The van der Waals surface area contributed by atoms with Gasteiger partial charge in [0, 0.05) is 17.4 Å². The van der Waals surface area contributed by atoms with Gasteiger partial charge in [-0.3, -0.25) is 0 Å². The molecule has 0 aromatic heterocycles. The van der Waals surface area contributed by atoms with Gasteiger partial charge < -0.3 is 9.84 Å². The number of rotatable bonds is 5.